The number of nitrogens with one attached hydrogen (secondary N) is 3. The van der Waals surface area contributed by atoms with Gasteiger partial charge in [0.15, 0.2) is 0 Å². The molecule has 0 aliphatic heterocycles. The van der Waals surface area contributed by atoms with Crippen LogP contribution in [0.25, 0.3) is 22.2 Å². The zero-order chi connectivity index (χ0) is 18.6. The number of aromatic nitrogens is 3. The largest absolute Gasteiger partial charge is 0.361 e. The maximum atomic E-state index is 12.5. The van der Waals surface area contributed by atoms with Gasteiger partial charge in [0.05, 0.1) is 29.9 Å². The molecule has 3 N–H and O–H groups in total. The Balaban J connectivity index is 1.43. The molecule has 0 aliphatic carbocycles. The number of hydrogen-bond donors (Lipinski definition) is 3. The van der Waals surface area contributed by atoms with Crippen LogP contribution in [0.1, 0.15) is 21.5 Å². The van der Waals surface area contributed by atoms with Gasteiger partial charge in [-0.1, -0.05) is 12.1 Å². The first-order valence-corrected chi connectivity index (χ1v) is 8.62. The van der Waals surface area contributed by atoms with Crippen LogP contribution in [0, 0.1) is 11.3 Å². The third-order valence-corrected chi connectivity index (χ3v) is 4.51. The van der Waals surface area contributed by atoms with E-state index in [-0.39, 0.29) is 5.91 Å². The Hall–Kier alpha value is -3.85. The maximum absolute atomic E-state index is 12.5. The normalized spacial score (nSPS) is 10.6. The SMILES string of the molecule is N#Cc1ccc2[nH]cc(CCNC(=O)c3cccc(-c4cnc[nH]4)c3)c2c1. The van der Waals surface area contributed by atoms with Crippen molar-refractivity contribution >= 4 is 16.8 Å². The number of fused-ring (bicyclic) bond motifs is 1. The second-order valence-corrected chi connectivity index (χ2v) is 6.24. The molecule has 0 saturated heterocycles. The summed E-state index contributed by atoms with van der Waals surface area (Å²) in [7, 11) is 0. The Morgan fingerprint density at radius 3 is 2.93 bits per heavy atom. The van der Waals surface area contributed by atoms with Crippen molar-refractivity contribution in [3.05, 3.63) is 77.9 Å². The van der Waals surface area contributed by atoms with Crippen molar-refractivity contribution in [1.82, 2.24) is 20.3 Å². The van der Waals surface area contributed by atoms with Gasteiger partial charge < -0.3 is 15.3 Å². The molecule has 0 radical (unpaired) electrons. The van der Waals surface area contributed by atoms with Crippen molar-refractivity contribution in [3.63, 3.8) is 0 Å². The average Bonchev–Trinajstić information content (AvgIpc) is 3.38. The second-order valence-electron chi connectivity index (χ2n) is 6.24. The van der Waals surface area contributed by atoms with Crippen LogP contribution in [0.2, 0.25) is 0 Å². The summed E-state index contributed by atoms with van der Waals surface area (Å²) in [5.41, 5.74) is 5.09. The summed E-state index contributed by atoms with van der Waals surface area (Å²) < 4.78 is 0. The molecule has 0 unspecified atom stereocenters. The van der Waals surface area contributed by atoms with Crippen LogP contribution in [0.5, 0.6) is 0 Å². The van der Waals surface area contributed by atoms with Crippen LogP contribution < -0.4 is 5.32 Å². The monoisotopic (exact) mass is 355 g/mol. The Bertz CT molecular complexity index is 1140. The Morgan fingerprint density at radius 2 is 2.11 bits per heavy atom. The highest BCUT2D eigenvalue weighted by atomic mass is 16.1. The molecular weight excluding hydrogens is 338 g/mol. The van der Waals surface area contributed by atoms with E-state index < -0.39 is 0 Å². The minimum Gasteiger partial charge on any atom is -0.361 e. The van der Waals surface area contributed by atoms with Gasteiger partial charge in [-0.3, -0.25) is 4.79 Å². The minimum absolute atomic E-state index is 0.117. The van der Waals surface area contributed by atoms with E-state index in [9.17, 15) is 4.79 Å². The van der Waals surface area contributed by atoms with E-state index in [1.165, 1.54) is 0 Å². The van der Waals surface area contributed by atoms with Crippen LogP contribution in [-0.4, -0.2) is 27.4 Å². The van der Waals surface area contributed by atoms with E-state index in [1.54, 1.807) is 24.7 Å². The topological polar surface area (TPSA) is 97.4 Å². The van der Waals surface area contributed by atoms with E-state index in [2.05, 4.69) is 26.3 Å². The van der Waals surface area contributed by atoms with Gasteiger partial charge in [0.1, 0.15) is 0 Å². The molecule has 6 heteroatoms. The quantitative estimate of drug-likeness (QED) is 0.512. The van der Waals surface area contributed by atoms with Gasteiger partial charge in [0.25, 0.3) is 5.91 Å². The van der Waals surface area contributed by atoms with Crippen LogP contribution in [0.15, 0.2) is 61.2 Å². The van der Waals surface area contributed by atoms with Crippen molar-refractivity contribution in [2.45, 2.75) is 6.42 Å². The maximum Gasteiger partial charge on any atom is 0.251 e. The minimum atomic E-state index is -0.117. The molecule has 1 amide bonds. The van der Waals surface area contributed by atoms with Crippen molar-refractivity contribution < 1.29 is 4.79 Å². The van der Waals surface area contributed by atoms with E-state index in [1.807, 2.05) is 36.5 Å². The molecule has 132 valence electrons. The van der Waals surface area contributed by atoms with E-state index >= 15 is 0 Å². The smallest absolute Gasteiger partial charge is 0.251 e. The lowest BCUT2D eigenvalue weighted by molar-refractivity contribution is 0.0954. The Labute approximate surface area is 155 Å². The summed E-state index contributed by atoms with van der Waals surface area (Å²) in [6.07, 6.45) is 5.95. The summed E-state index contributed by atoms with van der Waals surface area (Å²) in [6, 6.07) is 15.1. The van der Waals surface area contributed by atoms with E-state index in [0.29, 0.717) is 24.1 Å². The van der Waals surface area contributed by atoms with Crippen LogP contribution >= 0.6 is 0 Å². The number of carbonyl (C=O) groups is 1. The molecule has 27 heavy (non-hydrogen) atoms. The summed E-state index contributed by atoms with van der Waals surface area (Å²) in [6.45, 7) is 0.511. The summed E-state index contributed by atoms with van der Waals surface area (Å²) in [5, 5.41) is 13.0. The summed E-state index contributed by atoms with van der Waals surface area (Å²) in [5.74, 6) is -0.117. The van der Waals surface area contributed by atoms with Crippen LogP contribution in [-0.2, 0) is 6.42 Å². The van der Waals surface area contributed by atoms with Crippen molar-refractivity contribution in [3.8, 4) is 17.3 Å². The highest BCUT2D eigenvalue weighted by Gasteiger charge is 2.09. The van der Waals surface area contributed by atoms with E-state index in [0.717, 1.165) is 27.7 Å². The van der Waals surface area contributed by atoms with Gasteiger partial charge in [0, 0.05) is 34.8 Å². The van der Waals surface area contributed by atoms with E-state index in [4.69, 9.17) is 5.26 Å². The van der Waals surface area contributed by atoms with Gasteiger partial charge in [-0.2, -0.15) is 5.26 Å². The van der Waals surface area contributed by atoms with Crippen molar-refractivity contribution in [1.29, 1.82) is 5.26 Å². The fourth-order valence-corrected chi connectivity index (χ4v) is 3.11. The highest BCUT2D eigenvalue weighted by Crippen LogP contribution is 2.20. The molecule has 0 saturated carbocycles. The molecule has 0 aliphatic rings. The lowest BCUT2D eigenvalue weighted by Crippen LogP contribution is -2.25. The number of nitriles is 1. The van der Waals surface area contributed by atoms with Crippen LogP contribution in [0.3, 0.4) is 0 Å². The third kappa shape index (κ3) is 3.44. The first-order chi connectivity index (χ1) is 13.2. The Morgan fingerprint density at radius 1 is 1.19 bits per heavy atom. The fourth-order valence-electron chi connectivity index (χ4n) is 3.11. The van der Waals surface area contributed by atoms with Gasteiger partial charge in [-0.05, 0) is 42.3 Å². The number of amides is 1. The molecule has 0 spiro atoms. The average molecular weight is 355 g/mol. The third-order valence-electron chi connectivity index (χ3n) is 4.51. The van der Waals surface area contributed by atoms with Crippen LogP contribution in [0.4, 0.5) is 0 Å². The summed E-state index contributed by atoms with van der Waals surface area (Å²) >= 11 is 0. The lowest BCUT2D eigenvalue weighted by atomic mass is 10.1. The molecular formula is C21H17N5O. The fraction of sp³-hybridized carbons (Fsp3) is 0.0952. The predicted octanol–water partition coefficient (Wildman–Crippen LogP) is 3.40. The first-order valence-electron chi connectivity index (χ1n) is 8.62. The zero-order valence-electron chi connectivity index (χ0n) is 14.5. The molecule has 0 atom stereocenters. The zero-order valence-corrected chi connectivity index (χ0v) is 14.5. The number of rotatable bonds is 5. The number of benzene rings is 2. The number of aromatic amines is 2. The lowest BCUT2D eigenvalue weighted by Gasteiger charge is -2.06. The van der Waals surface area contributed by atoms with Gasteiger partial charge in [0.2, 0.25) is 0 Å². The number of hydrogen-bond acceptors (Lipinski definition) is 3. The van der Waals surface area contributed by atoms with Gasteiger partial charge in [-0.15, -0.1) is 0 Å². The molecule has 6 nitrogen and oxygen atoms in total. The molecule has 0 bridgehead atoms. The Kier molecular flexibility index (Phi) is 4.42. The number of H-pyrrole nitrogens is 2. The molecule has 4 aromatic rings. The van der Waals surface area contributed by atoms with Crippen molar-refractivity contribution in [2.24, 2.45) is 0 Å². The molecule has 4 rings (SSSR count). The number of nitrogens with zero attached hydrogens (tertiary/aromatic N) is 2. The number of carbonyl (C=O) groups excluding carboxylic acids is 1. The standard InChI is InChI=1S/C21H17N5O/c22-10-14-4-5-19-18(8-14)17(11-25-19)6-7-24-21(27)16-3-1-2-15(9-16)20-12-23-13-26-20/h1-5,8-9,11-13,25H,6-7H2,(H,23,26)(H,24,27). The predicted molar refractivity (Wildman–Crippen MR) is 103 cm³/mol. The highest BCUT2D eigenvalue weighted by molar-refractivity contribution is 5.95. The van der Waals surface area contributed by atoms with Gasteiger partial charge >= 0.3 is 0 Å². The molecule has 2 aromatic heterocycles. The second kappa shape index (κ2) is 7.18. The van der Waals surface area contributed by atoms with Gasteiger partial charge in [-0.25, -0.2) is 4.98 Å². The molecule has 0 fully saturated rings. The first kappa shape index (κ1) is 16.6. The number of imidazole rings is 1. The molecule has 2 aromatic carbocycles. The summed E-state index contributed by atoms with van der Waals surface area (Å²) in [4.78, 5) is 22.7. The molecule has 2 heterocycles. The van der Waals surface area contributed by atoms with Crippen molar-refractivity contribution in [2.75, 3.05) is 6.54 Å².